The van der Waals surface area contributed by atoms with Crippen LogP contribution in [0.3, 0.4) is 0 Å². The van der Waals surface area contributed by atoms with E-state index >= 15 is 0 Å². The molecule has 0 radical (unpaired) electrons. The molecular formula is C11H30O4Si3. The van der Waals surface area contributed by atoms with Crippen molar-refractivity contribution in [2.24, 2.45) is 0 Å². The summed E-state index contributed by atoms with van der Waals surface area (Å²) in [6.45, 7) is 11.3. The van der Waals surface area contributed by atoms with Gasteiger partial charge in [-0.3, -0.25) is 0 Å². The number of hydrogen-bond acceptors (Lipinski definition) is 4. The van der Waals surface area contributed by atoms with Gasteiger partial charge in [-0.05, 0) is 32.2 Å². The van der Waals surface area contributed by atoms with Crippen molar-refractivity contribution in [3.63, 3.8) is 0 Å². The second-order valence-corrected chi connectivity index (χ2v) is 18.2. The summed E-state index contributed by atoms with van der Waals surface area (Å²) in [5.41, 5.74) is 0.809. The Balaban J connectivity index is 4.73. The molecule has 0 aliphatic carbocycles. The molecule has 0 rings (SSSR count). The summed E-state index contributed by atoms with van der Waals surface area (Å²) in [5.74, 6) is 0. The minimum atomic E-state index is -2.52. The minimum absolute atomic E-state index is 0.809. The Morgan fingerprint density at radius 2 is 1.22 bits per heavy atom. The van der Waals surface area contributed by atoms with Crippen LogP contribution in [0.1, 0.15) is 13.3 Å². The van der Waals surface area contributed by atoms with Crippen LogP contribution in [0.4, 0.5) is 0 Å². The van der Waals surface area contributed by atoms with Crippen LogP contribution in [0.5, 0.6) is 0 Å². The molecule has 0 fully saturated rings. The van der Waals surface area contributed by atoms with Gasteiger partial charge in [0.05, 0.1) is 0 Å². The van der Waals surface area contributed by atoms with Gasteiger partial charge in [0, 0.05) is 27.0 Å². The van der Waals surface area contributed by atoms with E-state index in [0.717, 1.165) is 5.67 Å². The van der Waals surface area contributed by atoms with Gasteiger partial charge in [0.15, 0.2) is 16.6 Å². The van der Waals surface area contributed by atoms with Gasteiger partial charge in [-0.25, -0.2) is 0 Å². The van der Waals surface area contributed by atoms with Crippen LogP contribution in [0, 0.1) is 0 Å². The van der Waals surface area contributed by atoms with Crippen molar-refractivity contribution in [2.75, 3.05) is 21.3 Å². The average Bonchev–Trinajstić information content (AvgIpc) is 2.24. The summed E-state index contributed by atoms with van der Waals surface area (Å²) in [6, 6.07) is 1.20. The summed E-state index contributed by atoms with van der Waals surface area (Å²) >= 11 is 0. The maximum Gasteiger partial charge on any atom is 0.499 e. The first kappa shape index (κ1) is 18.5. The van der Waals surface area contributed by atoms with Gasteiger partial charge in [-0.1, -0.05) is 13.3 Å². The van der Waals surface area contributed by atoms with Crippen LogP contribution < -0.4 is 0 Å². The van der Waals surface area contributed by atoms with E-state index in [1.165, 1.54) is 12.5 Å². The van der Waals surface area contributed by atoms with Crippen molar-refractivity contribution in [1.82, 2.24) is 0 Å². The van der Waals surface area contributed by atoms with E-state index in [1.807, 2.05) is 0 Å². The molecule has 0 aliphatic heterocycles. The molecular weight excluding hydrogens is 280 g/mol. The smallest absolute Gasteiger partial charge is 0.455 e. The Hall–Kier alpha value is 0.491. The first-order valence-corrected chi connectivity index (χ1v) is 14.7. The molecule has 110 valence electrons. The van der Waals surface area contributed by atoms with Gasteiger partial charge in [0.2, 0.25) is 0 Å². The summed E-state index contributed by atoms with van der Waals surface area (Å²) < 4.78 is 23.0. The summed E-state index contributed by atoms with van der Waals surface area (Å²) in [6.07, 6.45) is 1.19. The molecule has 0 saturated carbocycles. The Morgan fingerprint density at radius 3 is 1.56 bits per heavy atom. The van der Waals surface area contributed by atoms with Gasteiger partial charge < -0.3 is 17.4 Å². The quantitative estimate of drug-likeness (QED) is 0.613. The van der Waals surface area contributed by atoms with Crippen molar-refractivity contribution in [1.29, 1.82) is 0 Å². The first-order valence-electron chi connectivity index (χ1n) is 6.51. The van der Waals surface area contributed by atoms with Crippen LogP contribution >= 0.6 is 0 Å². The van der Waals surface area contributed by atoms with Gasteiger partial charge in [-0.2, -0.15) is 0 Å². The lowest BCUT2D eigenvalue weighted by atomic mass is 10.6. The number of hydrogen-bond donors (Lipinski definition) is 0. The van der Waals surface area contributed by atoms with Crippen LogP contribution in [0.25, 0.3) is 0 Å². The summed E-state index contributed by atoms with van der Waals surface area (Å²) in [5, 5.41) is 0. The standard InChI is InChI=1S/C11H30O4Si3/c1-9-10-16(5,6)15-17(7,8)11-18(12-2,13-3)14-4/h9-11H2,1-8H3. The minimum Gasteiger partial charge on any atom is -0.455 e. The third kappa shape index (κ3) is 6.09. The van der Waals surface area contributed by atoms with Crippen molar-refractivity contribution < 1.29 is 17.4 Å². The van der Waals surface area contributed by atoms with E-state index in [9.17, 15) is 0 Å². The highest BCUT2D eigenvalue weighted by Gasteiger charge is 2.47. The lowest BCUT2D eigenvalue weighted by molar-refractivity contribution is 0.127. The molecule has 0 bridgehead atoms. The molecule has 7 heteroatoms. The highest BCUT2D eigenvalue weighted by molar-refractivity contribution is 6.91. The maximum absolute atomic E-state index is 6.50. The zero-order valence-corrected chi connectivity index (χ0v) is 16.3. The van der Waals surface area contributed by atoms with Gasteiger partial charge >= 0.3 is 8.80 Å². The summed E-state index contributed by atoms with van der Waals surface area (Å²) in [7, 11) is -0.907. The van der Waals surface area contributed by atoms with Crippen molar-refractivity contribution >= 4 is 25.4 Å². The van der Waals surface area contributed by atoms with E-state index in [4.69, 9.17) is 17.4 Å². The monoisotopic (exact) mass is 310 g/mol. The highest BCUT2D eigenvalue weighted by atomic mass is 28.5. The molecule has 0 spiro atoms. The fourth-order valence-electron chi connectivity index (χ4n) is 2.43. The predicted octanol–water partition coefficient (Wildman–Crippen LogP) is 3.24. The average molecular weight is 311 g/mol. The van der Waals surface area contributed by atoms with E-state index in [-0.39, 0.29) is 0 Å². The SMILES string of the molecule is CCC[Si](C)(C)O[Si](C)(C)C[Si](OC)(OC)OC. The van der Waals surface area contributed by atoms with Gasteiger partial charge in [0.25, 0.3) is 0 Å². The van der Waals surface area contributed by atoms with E-state index < -0.39 is 25.4 Å². The molecule has 0 N–H and O–H groups in total. The van der Waals surface area contributed by atoms with E-state index in [2.05, 4.69) is 33.1 Å². The van der Waals surface area contributed by atoms with Crippen LogP contribution in [0.15, 0.2) is 0 Å². The molecule has 0 saturated heterocycles. The van der Waals surface area contributed by atoms with Crippen LogP contribution in [0.2, 0.25) is 37.9 Å². The Kier molecular flexibility index (Phi) is 7.52. The third-order valence-corrected chi connectivity index (χ3v) is 16.1. The zero-order chi connectivity index (χ0) is 14.4. The van der Waals surface area contributed by atoms with Crippen LogP contribution in [-0.4, -0.2) is 46.8 Å². The fraction of sp³-hybridized carbons (Fsp3) is 1.00. The normalized spacial score (nSPS) is 14.0. The van der Waals surface area contributed by atoms with Crippen molar-refractivity contribution in [3.05, 3.63) is 0 Å². The Morgan fingerprint density at radius 1 is 0.778 bits per heavy atom. The molecule has 0 aromatic heterocycles. The Labute approximate surface area is 116 Å². The van der Waals surface area contributed by atoms with Crippen molar-refractivity contribution in [3.8, 4) is 0 Å². The second-order valence-electron chi connectivity index (χ2n) is 5.84. The number of rotatable bonds is 9. The third-order valence-electron chi connectivity index (χ3n) is 2.98. The van der Waals surface area contributed by atoms with Gasteiger partial charge in [-0.15, -0.1) is 0 Å². The molecule has 0 heterocycles. The Bertz CT molecular complexity index is 234. The fourth-order valence-corrected chi connectivity index (χ4v) is 17.4. The zero-order valence-electron chi connectivity index (χ0n) is 13.3. The largest absolute Gasteiger partial charge is 0.499 e. The molecule has 4 nitrogen and oxygen atoms in total. The molecule has 0 aliphatic rings. The van der Waals surface area contributed by atoms with Crippen molar-refractivity contribution in [2.45, 2.75) is 51.2 Å². The summed E-state index contributed by atoms with van der Waals surface area (Å²) in [4.78, 5) is 0. The lowest BCUT2D eigenvalue weighted by Gasteiger charge is -2.37. The van der Waals surface area contributed by atoms with E-state index in [1.54, 1.807) is 21.3 Å². The molecule has 0 unspecified atom stereocenters. The maximum atomic E-state index is 6.50. The molecule has 0 atom stereocenters. The molecule has 0 aromatic rings. The van der Waals surface area contributed by atoms with Gasteiger partial charge in [0.1, 0.15) is 0 Å². The first-order chi connectivity index (χ1) is 8.16. The molecule has 18 heavy (non-hydrogen) atoms. The topological polar surface area (TPSA) is 36.9 Å². The predicted molar refractivity (Wildman–Crippen MR) is 82.7 cm³/mol. The molecule has 0 aromatic carbocycles. The lowest BCUT2D eigenvalue weighted by Crippen LogP contribution is -2.54. The van der Waals surface area contributed by atoms with E-state index in [0.29, 0.717) is 0 Å². The van der Waals surface area contributed by atoms with Crippen LogP contribution in [-0.2, 0) is 17.4 Å². The molecule has 0 amide bonds. The highest BCUT2D eigenvalue weighted by Crippen LogP contribution is 2.27. The second kappa shape index (κ2) is 7.32.